The second kappa shape index (κ2) is 8.00. The van der Waals surface area contributed by atoms with E-state index in [9.17, 15) is 4.79 Å². The number of anilines is 1. The first-order chi connectivity index (χ1) is 12.9. The van der Waals surface area contributed by atoms with Crippen LogP contribution in [0.5, 0.6) is 0 Å². The molecular weight excluding hydrogens is 360 g/mol. The average molecular weight is 385 g/mol. The van der Waals surface area contributed by atoms with Crippen LogP contribution in [-0.2, 0) is 4.79 Å². The Morgan fingerprint density at radius 2 is 2.00 bits per heavy atom. The third-order valence-corrected chi connectivity index (χ3v) is 5.43. The predicted molar refractivity (Wildman–Crippen MR) is 108 cm³/mol. The normalized spacial score (nSPS) is 11.2. The van der Waals surface area contributed by atoms with E-state index >= 15 is 0 Å². The molecule has 0 saturated carbocycles. The molecule has 3 aromatic rings. The number of furan rings is 1. The van der Waals surface area contributed by atoms with E-state index in [0.717, 1.165) is 39.1 Å². The van der Waals surface area contributed by atoms with Crippen LogP contribution in [0.25, 0.3) is 11.4 Å². The zero-order valence-electron chi connectivity index (χ0n) is 16.2. The molecule has 0 unspecified atom stereocenters. The minimum absolute atomic E-state index is 0.0620. The Labute approximate surface area is 163 Å². The van der Waals surface area contributed by atoms with Gasteiger partial charge in [0.1, 0.15) is 5.76 Å². The highest BCUT2D eigenvalue weighted by molar-refractivity contribution is 7.99. The molecule has 0 radical (unpaired) electrons. The van der Waals surface area contributed by atoms with Gasteiger partial charge in [0.15, 0.2) is 11.0 Å². The van der Waals surface area contributed by atoms with Crippen LogP contribution in [0.15, 0.2) is 40.1 Å². The SMILES string of the molecule is Cc1cccc(NC(=O)CSc2nnc(-c3ccoc3C)n2C(C)C)c1C. The molecular formula is C20H24N4O2S. The molecule has 0 spiro atoms. The monoisotopic (exact) mass is 384 g/mol. The molecule has 2 heterocycles. The third kappa shape index (κ3) is 4.08. The Morgan fingerprint density at radius 1 is 1.22 bits per heavy atom. The summed E-state index contributed by atoms with van der Waals surface area (Å²) in [6, 6.07) is 7.94. The molecule has 0 aliphatic carbocycles. The molecule has 3 rings (SSSR count). The maximum atomic E-state index is 12.4. The number of nitrogens with one attached hydrogen (secondary N) is 1. The van der Waals surface area contributed by atoms with Crippen LogP contribution in [0.3, 0.4) is 0 Å². The summed E-state index contributed by atoms with van der Waals surface area (Å²) >= 11 is 1.38. The molecule has 1 amide bonds. The molecule has 0 atom stereocenters. The van der Waals surface area contributed by atoms with E-state index in [1.807, 2.05) is 49.6 Å². The van der Waals surface area contributed by atoms with Gasteiger partial charge in [-0.05, 0) is 57.9 Å². The van der Waals surface area contributed by atoms with Gasteiger partial charge in [-0.2, -0.15) is 0 Å². The van der Waals surface area contributed by atoms with Gasteiger partial charge in [-0.3, -0.25) is 9.36 Å². The van der Waals surface area contributed by atoms with Crippen LogP contribution in [0, 0.1) is 20.8 Å². The van der Waals surface area contributed by atoms with Gasteiger partial charge in [-0.15, -0.1) is 10.2 Å². The zero-order valence-corrected chi connectivity index (χ0v) is 17.1. The van der Waals surface area contributed by atoms with E-state index in [-0.39, 0.29) is 17.7 Å². The van der Waals surface area contributed by atoms with E-state index in [1.54, 1.807) is 6.26 Å². The van der Waals surface area contributed by atoms with Crippen molar-refractivity contribution >= 4 is 23.4 Å². The fourth-order valence-corrected chi connectivity index (χ4v) is 3.71. The summed E-state index contributed by atoms with van der Waals surface area (Å²) in [4.78, 5) is 12.4. The molecule has 6 nitrogen and oxygen atoms in total. The highest BCUT2D eigenvalue weighted by Gasteiger charge is 2.20. The van der Waals surface area contributed by atoms with E-state index in [0.29, 0.717) is 0 Å². The van der Waals surface area contributed by atoms with E-state index in [1.165, 1.54) is 11.8 Å². The van der Waals surface area contributed by atoms with Crippen molar-refractivity contribution in [2.75, 3.05) is 11.1 Å². The second-order valence-electron chi connectivity index (χ2n) is 6.74. The van der Waals surface area contributed by atoms with E-state index in [4.69, 9.17) is 4.42 Å². The first-order valence-electron chi connectivity index (χ1n) is 8.86. The topological polar surface area (TPSA) is 73.0 Å². The van der Waals surface area contributed by atoms with Crippen molar-refractivity contribution < 1.29 is 9.21 Å². The van der Waals surface area contributed by atoms with Crippen molar-refractivity contribution in [1.29, 1.82) is 0 Å². The smallest absolute Gasteiger partial charge is 0.234 e. The van der Waals surface area contributed by atoms with Gasteiger partial charge in [-0.25, -0.2) is 0 Å². The molecule has 0 aliphatic heterocycles. The summed E-state index contributed by atoms with van der Waals surface area (Å²) in [5, 5.41) is 12.3. The molecule has 1 N–H and O–H groups in total. The lowest BCUT2D eigenvalue weighted by Gasteiger charge is -2.14. The summed E-state index contributed by atoms with van der Waals surface area (Å²) in [6.07, 6.45) is 1.65. The Bertz CT molecular complexity index is 959. The van der Waals surface area contributed by atoms with Gasteiger partial charge >= 0.3 is 0 Å². The molecule has 0 fully saturated rings. The highest BCUT2D eigenvalue weighted by atomic mass is 32.2. The molecule has 0 aliphatic rings. The lowest BCUT2D eigenvalue weighted by Crippen LogP contribution is -2.16. The number of nitrogens with zero attached hydrogens (tertiary/aromatic N) is 3. The number of aromatic nitrogens is 3. The second-order valence-corrected chi connectivity index (χ2v) is 7.69. The summed E-state index contributed by atoms with van der Waals surface area (Å²) in [5.41, 5.74) is 4.00. The number of carbonyl (C=O) groups is 1. The number of carbonyl (C=O) groups excluding carboxylic acids is 1. The first-order valence-corrected chi connectivity index (χ1v) is 9.85. The number of hydrogen-bond acceptors (Lipinski definition) is 5. The summed E-state index contributed by atoms with van der Waals surface area (Å²) in [5.74, 6) is 1.76. The van der Waals surface area contributed by atoms with Crippen LogP contribution in [-0.4, -0.2) is 26.4 Å². The minimum Gasteiger partial charge on any atom is -0.469 e. The quantitative estimate of drug-likeness (QED) is 0.620. The van der Waals surface area contributed by atoms with Gasteiger partial charge < -0.3 is 9.73 Å². The Balaban J connectivity index is 1.74. The number of hydrogen-bond donors (Lipinski definition) is 1. The van der Waals surface area contributed by atoms with Crippen molar-refractivity contribution in [3.05, 3.63) is 47.4 Å². The molecule has 7 heteroatoms. The average Bonchev–Trinajstić information content (AvgIpc) is 3.22. The Kier molecular flexibility index (Phi) is 5.70. The van der Waals surface area contributed by atoms with Gasteiger partial charge in [-0.1, -0.05) is 23.9 Å². The Morgan fingerprint density at radius 3 is 2.67 bits per heavy atom. The standard InChI is InChI=1S/C20H24N4O2S/c1-12(2)24-19(16-9-10-26-15(16)5)22-23-20(24)27-11-18(25)21-17-8-6-7-13(3)14(17)4/h6-10,12H,11H2,1-5H3,(H,21,25). The number of aryl methyl sites for hydroxylation is 2. The molecule has 142 valence electrons. The van der Waals surface area contributed by atoms with Crippen LogP contribution >= 0.6 is 11.8 Å². The fraction of sp³-hybridized carbons (Fsp3) is 0.350. The summed E-state index contributed by atoms with van der Waals surface area (Å²) in [6.45, 7) is 10.1. The summed E-state index contributed by atoms with van der Waals surface area (Å²) < 4.78 is 7.43. The zero-order chi connectivity index (χ0) is 19.6. The first kappa shape index (κ1) is 19.2. The lowest BCUT2D eigenvalue weighted by molar-refractivity contribution is -0.113. The number of amides is 1. The lowest BCUT2D eigenvalue weighted by atomic mass is 10.1. The van der Waals surface area contributed by atoms with Gasteiger partial charge in [0.05, 0.1) is 17.6 Å². The van der Waals surface area contributed by atoms with Gasteiger partial charge in [0, 0.05) is 11.7 Å². The minimum atomic E-state index is -0.0620. The maximum Gasteiger partial charge on any atom is 0.234 e. The number of thioether (sulfide) groups is 1. The molecule has 27 heavy (non-hydrogen) atoms. The molecule has 1 aromatic carbocycles. The van der Waals surface area contributed by atoms with Crippen molar-refractivity contribution in [2.24, 2.45) is 0 Å². The molecule has 0 saturated heterocycles. The third-order valence-electron chi connectivity index (χ3n) is 4.49. The number of rotatable bonds is 6. The highest BCUT2D eigenvalue weighted by Crippen LogP contribution is 2.30. The van der Waals surface area contributed by atoms with Gasteiger partial charge in [0.2, 0.25) is 5.91 Å². The maximum absolute atomic E-state index is 12.4. The summed E-state index contributed by atoms with van der Waals surface area (Å²) in [7, 11) is 0. The van der Waals surface area contributed by atoms with Crippen molar-refractivity contribution in [3.63, 3.8) is 0 Å². The van der Waals surface area contributed by atoms with Crippen molar-refractivity contribution in [1.82, 2.24) is 14.8 Å². The van der Waals surface area contributed by atoms with Crippen molar-refractivity contribution in [3.8, 4) is 11.4 Å². The Hall–Kier alpha value is -2.54. The molecule has 2 aromatic heterocycles. The predicted octanol–water partition coefficient (Wildman–Crippen LogP) is 4.78. The van der Waals surface area contributed by atoms with Crippen LogP contribution < -0.4 is 5.32 Å². The van der Waals surface area contributed by atoms with E-state index in [2.05, 4.69) is 29.4 Å². The van der Waals surface area contributed by atoms with Crippen LogP contribution in [0.2, 0.25) is 0 Å². The van der Waals surface area contributed by atoms with Crippen molar-refractivity contribution in [2.45, 2.75) is 45.8 Å². The van der Waals surface area contributed by atoms with Crippen LogP contribution in [0.4, 0.5) is 5.69 Å². The largest absolute Gasteiger partial charge is 0.469 e. The number of benzene rings is 1. The molecule has 0 bridgehead atoms. The van der Waals surface area contributed by atoms with Crippen LogP contribution in [0.1, 0.15) is 36.8 Å². The van der Waals surface area contributed by atoms with Gasteiger partial charge in [0.25, 0.3) is 0 Å². The van der Waals surface area contributed by atoms with E-state index < -0.39 is 0 Å². The fourth-order valence-electron chi connectivity index (χ4n) is 2.84.